The molecular weight excluding hydrogens is 416 g/mol. The van der Waals surface area contributed by atoms with Crippen LogP contribution in [0.3, 0.4) is 0 Å². The zero-order valence-corrected chi connectivity index (χ0v) is 17.3. The van der Waals surface area contributed by atoms with Crippen LogP contribution in [0.5, 0.6) is 5.75 Å². The Hall–Kier alpha value is -4.03. The van der Waals surface area contributed by atoms with Crippen LogP contribution in [0.1, 0.15) is 5.56 Å². The molecule has 0 radical (unpaired) electrons. The van der Waals surface area contributed by atoms with Gasteiger partial charge in [-0.1, -0.05) is 30.3 Å². The van der Waals surface area contributed by atoms with Gasteiger partial charge < -0.3 is 15.4 Å². The van der Waals surface area contributed by atoms with Gasteiger partial charge in [0.2, 0.25) is 11.8 Å². The highest BCUT2D eigenvalue weighted by atomic mass is 32.1. The number of para-hydroxylation sites is 1. The Balaban J connectivity index is 1.77. The number of nitrogens with zero attached hydrogens (tertiary/aromatic N) is 2. The number of rotatable bonds is 6. The third kappa shape index (κ3) is 4.94. The summed E-state index contributed by atoms with van der Waals surface area (Å²) in [5.74, 6) is -2.73. The first-order valence-corrected chi connectivity index (χ1v) is 9.62. The van der Waals surface area contributed by atoms with E-state index >= 15 is 0 Å². The molecule has 1 saturated heterocycles. The van der Waals surface area contributed by atoms with Gasteiger partial charge in [0.05, 0.1) is 12.8 Å². The van der Waals surface area contributed by atoms with Crippen LogP contribution in [-0.2, 0) is 20.9 Å². The summed E-state index contributed by atoms with van der Waals surface area (Å²) in [7, 11) is 1.55. The number of hydrogen-bond donors (Lipinski definition) is 2. The molecule has 2 aromatic rings. The second-order valence-electron chi connectivity index (χ2n) is 6.50. The van der Waals surface area contributed by atoms with Crippen molar-refractivity contribution < 1.29 is 19.1 Å². The van der Waals surface area contributed by atoms with E-state index in [2.05, 4.69) is 10.6 Å². The van der Waals surface area contributed by atoms with Gasteiger partial charge in [0.25, 0.3) is 5.91 Å². The Morgan fingerprint density at radius 3 is 2.52 bits per heavy atom. The summed E-state index contributed by atoms with van der Waals surface area (Å²) in [5.41, 5.74) is 0.916. The highest BCUT2D eigenvalue weighted by Gasteiger charge is 2.38. The Morgan fingerprint density at radius 2 is 1.90 bits per heavy atom. The van der Waals surface area contributed by atoms with E-state index in [0.717, 1.165) is 11.6 Å². The highest BCUT2D eigenvalue weighted by molar-refractivity contribution is 7.80. The van der Waals surface area contributed by atoms with Gasteiger partial charge in [0, 0.05) is 6.54 Å². The number of ether oxygens (including phenoxy) is 1. The van der Waals surface area contributed by atoms with Crippen molar-refractivity contribution in [1.29, 1.82) is 5.26 Å². The van der Waals surface area contributed by atoms with Crippen molar-refractivity contribution in [3.8, 4) is 11.8 Å². The second-order valence-corrected chi connectivity index (χ2v) is 6.89. The Morgan fingerprint density at radius 1 is 1.23 bits per heavy atom. The maximum Gasteiger partial charge on any atom is 0.261 e. The van der Waals surface area contributed by atoms with E-state index in [0.29, 0.717) is 11.4 Å². The first-order chi connectivity index (χ1) is 14.9. The summed E-state index contributed by atoms with van der Waals surface area (Å²) in [4.78, 5) is 38.9. The number of anilines is 1. The van der Waals surface area contributed by atoms with E-state index in [1.54, 1.807) is 67.8 Å². The molecule has 1 heterocycles. The fraction of sp³-hybridized carbons (Fsp3) is 0.136. The van der Waals surface area contributed by atoms with Gasteiger partial charge >= 0.3 is 0 Å². The zero-order chi connectivity index (χ0) is 22.4. The average Bonchev–Trinajstić information content (AvgIpc) is 2.78. The molecule has 0 unspecified atom stereocenters. The molecule has 0 spiro atoms. The van der Waals surface area contributed by atoms with E-state index in [1.165, 1.54) is 4.90 Å². The van der Waals surface area contributed by atoms with Crippen LogP contribution in [-0.4, -0.2) is 29.9 Å². The molecule has 1 fully saturated rings. The number of nitrogens with one attached hydrogen (secondary N) is 2. The minimum Gasteiger partial charge on any atom is -0.497 e. The van der Waals surface area contributed by atoms with Crippen molar-refractivity contribution in [3.63, 3.8) is 0 Å². The van der Waals surface area contributed by atoms with Gasteiger partial charge in [0.1, 0.15) is 23.3 Å². The fourth-order valence-electron chi connectivity index (χ4n) is 2.91. The van der Waals surface area contributed by atoms with Gasteiger partial charge in [-0.15, -0.1) is 0 Å². The van der Waals surface area contributed by atoms with E-state index < -0.39 is 23.6 Å². The van der Waals surface area contributed by atoms with Crippen LogP contribution < -0.4 is 20.3 Å². The molecule has 0 aromatic heterocycles. The molecule has 1 aliphatic rings. The van der Waals surface area contributed by atoms with Gasteiger partial charge in [-0.25, -0.2) is 0 Å². The van der Waals surface area contributed by atoms with Crippen molar-refractivity contribution in [1.82, 2.24) is 10.6 Å². The number of thiocarbonyl (C=S) groups is 1. The standard InChI is InChI=1S/C22H18N4O4S/c1-30-17-9-7-14(8-10-17)13-24-19(27)15(12-23)11-18-20(28)25-22(31)26(21(18)29)16-5-3-2-4-6-16/h2-11,18H,13H2,1H3,(H,24,27)(H,25,28,31)/b15-11-/t18-/m1/s1. The molecule has 0 saturated carbocycles. The Labute approximate surface area is 184 Å². The lowest BCUT2D eigenvalue weighted by atomic mass is 10.0. The molecule has 156 valence electrons. The molecule has 1 atom stereocenters. The summed E-state index contributed by atoms with van der Waals surface area (Å²) >= 11 is 5.12. The Bertz CT molecular complexity index is 1090. The minimum atomic E-state index is -1.37. The van der Waals surface area contributed by atoms with E-state index in [4.69, 9.17) is 17.0 Å². The fourth-order valence-corrected chi connectivity index (χ4v) is 3.21. The predicted octanol–water partition coefficient (Wildman–Crippen LogP) is 1.83. The molecule has 3 amide bonds. The molecule has 2 aromatic carbocycles. The highest BCUT2D eigenvalue weighted by Crippen LogP contribution is 2.22. The summed E-state index contributed by atoms with van der Waals surface area (Å²) in [6.45, 7) is 0.160. The molecule has 0 bridgehead atoms. The lowest BCUT2D eigenvalue weighted by molar-refractivity contribution is -0.131. The van der Waals surface area contributed by atoms with Crippen LogP contribution in [0.4, 0.5) is 5.69 Å². The summed E-state index contributed by atoms with van der Waals surface area (Å²) in [6.07, 6.45) is 1.05. The van der Waals surface area contributed by atoms with Crippen LogP contribution >= 0.6 is 12.2 Å². The van der Waals surface area contributed by atoms with Crippen molar-refractivity contribution in [2.75, 3.05) is 12.0 Å². The summed E-state index contributed by atoms with van der Waals surface area (Å²) < 4.78 is 5.08. The largest absolute Gasteiger partial charge is 0.497 e. The minimum absolute atomic E-state index is 0.0617. The van der Waals surface area contributed by atoms with E-state index in [9.17, 15) is 19.6 Å². The van der Waals surface area contributed by atoms with Gasteiger partial charge in [-0.2, -0.15) is 5.26 Å². The third-order valence-corrected chi connectivity index (χ3v) is 4.81. The first-order valence-electron chi connectivity index (χ1n) is 9.21. The second kappa shape index (κ2) is 9.65. The van der Waals surface area contributed by atoms with E-state index in [-0.39, 0.29) is 17.2 Å². The monoisotopic (exact) mass is 434 g/mol. The molecule has 0 aliphatic carbocycles. The smallest absolute Gasteiger partial charge is 0.261 e. The average molecular weight is 434 g/mol. The maximum atomic E-state index is 12.9. The normalized spacial score (nSPS) is 16.4. The SMILES string of the molecule is COc1ccc(CNC(=O)/C(C#N)=C\[C@@H]2C(=O)NC(=S)N(c3ccccc3)C2=O)cc1. The first kappa shape index (κ1) is 21.7. The quantitative estimate of drug-likeness (QED) is 0.311. The Kier molecular flexibility index (Phi) is 6.74. The van der Waals surface area contributed by atoms with Gasteiger partial charge in [-0.3, -0.25) is 19.3 Å². The number of carbonyl (C=O) groups is 3. The number of carbonyl (C=O) groups excluding carboxylic acids is 3. The molecular formula is C22H18N4O4S. The topological polar surface area (TPSA) is 112 Å². The number of methoxy groups -OCH3 is 1. The number of nitriles is 1. The molecule has 1 aliphatic heterocycles. The van der Waals surface area contributed by atoms with Crippen LogP contribution in [0.2, 0.25) is 0 Å². The predicted molar refractivity (Wildman–Crippen MR) is 117 cm³/mol. The van der Waals surface area contributed by atoms with Crippen molar-refractivity contribution >= 4 is 40.7 Å². The molecule has 2 N–H and O–H groups in total. The third-order valence-electron chi connectivity index (χ3n) is 4.53. The van der Waals surface area contributed by atoms with E-state index in [1.807, 2.05) is 0 Å². The molecule has 3 rings (SSSR count). The molecule has 8 nitrogen and oxygen atoms in total. The molecule has 9 heteroatoms. The van der Waals surface area contributed by atoms with Gasteiger partial charge in [-0.05, 0) is 48.1 Å². The lowest BCUT2D eigenvalue weighted by Gasteiger charge is -2.31. The zero-order valence-electron chi connectivity index (χ0n) is 16.5. The summed E-state index contributed by atoms with van der Waals surface area (Å²) in [5, 5.41) is 14.4. The van der Waals surface area contributed by atoms with Gasteiger partial charge in [0.15, 0.2) is 5.11 Å². The van der Waals surface area contributed by atoms with Crippen molar-refractivity contribution in [2.45, 2.75) is 6.54 Å². The van der Waals surface area contributed by atoms with Crippen molar-refractivity contribution in [3.05, 3.63) is 71.8 Å². The van der Waals surface area contributed by atoms with Crippen LogP contribution in [0, 0.1) is 17.2 Å². The van der Waals surface area contributed by atoms with Crippen molar-refractivity contribution in [2.24, 2.45) is 5.92 Å². The summed E-state index contributed by atoms with van der Waals surface area (Å²) in [6, 6.07) is 17.3. The maximum absolute atomic E-state index is 12.9. The number of amides is 3. The van der Waals surface area contributed by atoms with Crippen LogP contribution in [0.15, 0.2) is 66.2 Å². The number of benzene rings is 2. The molecule has 31 heavy (non-hydrogen) atoms. The lowest BCUT2D eigenvalue weighted by Crippen LogP contribution is -2.57. The number of hydrogen-bond acceptors (Lipinski definition) is 6. The van der Waals surface area contributed by atoms with Crippen LogP contribution in [0.25, 0.3) is 0 Å².